The third kappa shape index (κ3) is 2.42. The van der Waals surface area contributed by atoms with E-state index in [-0.39, 0.29) is 11.7 Å². The van der Waals surface area contributed by atoms with E-state index >= 15 is 0 Å². The highest BCUT2D eigenvalue weighted by molar-refractivity contribution is 7.16. The normalized spacial score (nSPS) is 9.86. The fourth-order valence-corrected chi connectivity index (χ4v) is 2.00. The molecule has 1 amide bonds. The molecule has 0 radical (unpaired) electrons. The van der Waals surface area contributed by atoms with Gasteiger partial charge in [0.15, 0.2) is 5.78 Å². The van der Waals surface area contributed by atoms with Gasteiger partial charge < -0.3 is 5.32 Å². The molecule has 0 aromatic carbocycles. The number of carbonyl (C=O) groups excluding carboxylic acids is 2. The number of Topliss-reactive ketones (excluding diaryl/α,β-unsaturated/α-hetero) is 1. The summed E-state index contributed by atoms with van der Waals surface area (Å²) in [6.07, 6.45) is 1.39. The summed E-state index contributed by atoms with van der Waals surface area (Å²) >= 11 is 1.25. The Morgan fingerprint density at radius 3 is 2.57 bits per heavy atom. The molecule has 1 heterocycles. The van der Waals surface area contributed by atoms with Crippen LogP contribution >= 0.6 is 11.3 Å². The van der Waals surface area contributed by atoms with Crippen LogP contribution in [0.3, 0.4) is 0 Å². The molecule has 76 valence electrons. The molecule has 14 heavy (non-hydrogen) atoms. The number of rotatable bonds is 4. The van der Waals surface area contributed by atoms with Gasteiger partial charge in [-0.1, -0.05) is 6.92 Å². The Labute approximate surface area is 87.1 Å². The Kier molecular flexibility index (Phi) is 3.83. The molecule has 4 heteroatoms. The van der Waals surface area contributed by atoms with Crippen molar-refractivity contribution in [1.29, 1.82) is 0 Å². The standard InChI is InChI=1S/C10H13NO2S/c1-3-4-7(12)8-5-6-9(14-8)10(13)11-2/h5-6H,3-4H2,1-2H3,(H,11,13). The molecule has 1 rings (SSSR count). The maximum Gasteiger partial charge on any atom is 0.261 e. The van der Waals surface area contributed by atoms with Crippen LogP contribution in [0.25, 0.3) is 0 Å². The lowest BCUT2D eigenvalue weighted by molar-refractivity contribution is 0.0965. The van der Waals surface area contributed by atoms with E-state index in [4.69, 9.17) is 0 Å². The van der Waals surface area contributed by atoms with Gasteiger partial charge in [-0.05, 0) is 18.6 Å². The monoisotopic (exact) mass is 211 g/mol. The van der Waals surface area contributed by atoms with E-state index in [2.05, 4.69) is 5.32 Å². The molecule has 0 atom stereocenters. The van der Waals surface area contributed by atoms with E-state index < -0.39 is 0 Å². The maximum atomic E-state index is 11.4. The smallest absolute Gasteiger partial charge is 0.261 e. The summed E-state index contributed by atoms with van der Waals surface area (Å²) in [6, 6.07) is 3.40. The quantitative estimate of drug-likeness (QED) is 0.775. The molecule has 0 saturated heterocycles. The molecule has 3 nitrogen and oxygen atoms in total. The molecule has 1 aromatic heterocycles. The van der Waals surface area contributed by atoms with Gasteiger partial charge in [0.25, 0.3) is 5.91 Å². The van der Waals surface area contributed by atoms with Gasteiger partial charge in [0.2, 0.25) is 0 Å². The summed E-state index contributed by atoms with van der Waals surface area (Å²) in [5.41, 5.74) is 0. The van der Waals surface area contributed by atoms with Gasteiger partial charge >= 0.3 is 0 Å². The zero-order valence-electron chi connectivity index (χ0n) is 8.29. The molecule has 0 bridgehead atoms. The van der Waals surface area contributed by atoms with Crippen molar-refractivity contribution in [2.24, 2.45) is 0 Å². The summed E-state index contributed by atoms with van der Waals surface area (Å²) in [5.74, 6) is -0.0156. The first kappa shape index (κ1) is 10.9. The summed E-state index contributed by atoms with van der Waals surface area (Å²) in [5, 5.41) is 2.53. The molecule has 0 unspecified atom stereocenters. The number of carbonyl (C=O) groups is 2. The molecule has 0 aliphatic carbocycles. The topological polar surface area (TPSA) is 46.2 Å². The van der Waals surface area contributed by atoms with E-state index in [1.54, 1.807) is 19.2 Å². The van der Waals surface area contributed by atoms with E-state index in [1.165, 1.54) is 11.3 Å². The maximum absolute atomic E-state index is 11.4. The van der Waals surface area contributed by atoms with Crippen LogP contribution in [0, 0.1) is 0 Å². The zero-order chi connectivity index (χ0) is 10.6. The predicted octanol–water partition coefficient (Wildman–Crippen LogP) is 2.09. The third-order valence-corrected chi connectivity index (χ3v) is 2.93. The lowest BCUT2D eigenvalue weighted by Gasteiger charge is -1.93. The number of hydrogen-bond donors (Lipinski definition) is 1. The average molecular weight is 211 g/mol. The number of nitrogens with one attached hydrogen (secondary N) is 1. The van der Waals surface area contributed by atoms with Crippen LogP contribution in [0.15, 0.2) is 12.1 Å². The minimum atomic E-state index is -0.134. The summed E-state index contributed by atoms with van der Waals surface area (Å²) in [7, 11) is 1.58. The second-order valence-corrected chi connectivity index (χ2v) is 4.00. The van der Waals surface area contributed by atoms with Crippen molar-refractivity contribution in [1.82, 2.24) is 5.32 Å². The number of ketones is 1. The molecule has 0 aliphatic rings. The number of hydrogen-bond acceptors (Lipinski definition) is 3. The van der Waals surface area contributed by atoms with Crippen molar-refractivity contribution in [3.63, 3.8) is 0 Å². The Hall–Kier alpha value is -1.16. The van der Waals surface area contributed by atoms with Gasteiger partial charge in [0.05, 0.1) is 9.75 Å². The number of thiophene rings is 1. The van der Waals surface area contributed by atoms with E-state index in [0.717, 1.165) is 6.42 Å². The molecule has 1 N–H and O–H groups in total. The highest BCUT2D eigenvalue weighted by Gasteiger charge is 2.11. The van der Waals surface area contributed by atoms with Crippen LogP contribution in [0.4, 0.5) is 0 Å². The van der Waals surface area contributed by atoms with Crippen molar-refractivity contribution in [3.05, 3.63) is 21.9 Å². The molecule has 1 aromatic rings. The molecule has 0 fully saturated rings. The van der Waals surface area contributed by atoms with Gasteiger partial charge in [0.1, 0.15) is 0 Å². The lowest BCUT2D eigenvalue weighted by atomic mass is 10.2. The molecular weight excluding hydrogens is 198 g/mol. The first-order valence-corrected chi connectivity index (χ1v) is 5.35. The first-order chi connectivity index (χ1) is 6.69. The minimum absolute atomic E-state index is 0.118. The largest absolute Gasteiger partial charge is 0.354 e. The Morgan fingerprint density at radius 1 is 1.36 bits per heavy atom. The van der Waals surface area contributed by atoms with Crippen molar-refractivity contribution in [2.75, 3.05) is 7.05 Å². The van der Waals surface area contributed by atoms with Gasteiger partial charge in [-0.3, -0.25) is 9.59 Å². The van der Waals surface area contributed by atoms with Crippen LogP contribution in [0.1, 0.15) is 39.1 Å². The van der Waals surface area contributed by atoms with Crippen molar-refractivity contribution in [3.8, 4) is 0 Å². The van der Waals surface area contributed by atoms with E-state index in [0.29, 0.717) is 16.2 Å². The highest BCUT2D eigenvalue weighted by atomic mass is 32.1. The summed E-state index contributed by atoms with van der Waals surface area (Å²) < 4.78 is 0. The molecule has 0 saturated carbocycles. The van der Waals surface area contributed by atoms with Crippen LogP contribution in [0.2, 0.25) is 0 Å². The lowest BCUT2D eigenvalue weighted by Crippen LogP contribution is -2.16. The average Bonchev–Trinajstić information content (AvgIpc) is 2.66. The van der Waals surface area contributed by atoms with Gasteiger partial charge in [0, 0.05) is 13.5 Å². The molecular formula is C10H13NO2S. The van der Waals surface area contributed by atoms with Crippen LogP contribution in [-0.2, 0) is 0 Å². The first-order valence-electron chi connectivity index (χ1n) is 4.54. The fraction of sp³-hybridized carbons (Fsp3) is 0.400. The van der Waals surface area contributed by atoms with Crippen LogP contribution in [-0.4, -0.2) is 18.7 Å². The van der Waals surface area contributed by atoms with E-state index in [1.807, 2.05) is 6.92 Å². The van der Waals surface area contributed by atoms with Crippen molar-refractivity contribution in [2.45, 2.75) is 19.8 Å². The van der Waals surface area contributed by atoms with Crippen molar-refractivity contribution >= 4 is 23.0 Å². The SMILES string of the molecule is CCCC(=O)c1ccc(C(=O)NC)s1. The molecule has 0 spiro atoms. The van der Waals surface area contributed by atoms with Crippen LogP contribution < -0.4 is 5.32 Å². The number of amides is 1. The highest BCUT2D eigenvalue weighted by Crippen LogP contribution is 2.18. The van der Waals surface area contributed by atoms with E-state index in [9.17, 15) is 9.59 Å². The van der Waals surface area contributed by atoms with Gasteiger partial charge in [-0.15, -0.1) is 11.3 Å². The van der Waals surface area contributed by atoms with Crippen LogP contribution in [0.5, 0.6) is 0 Å². The van der Waals surface area contributed by atoms with Gasteiger partial charge in [-0.2, -0.15) is 0 Å². The second-order valence-electron chi connectivity index (χ2n) is 2.92. The van der Waals surface area contributed by atoms with Gasteiger partial charge in [-0.25, -0.2) is 0 Å². The van der Waals surface area contributed by atoms with Crippen molar-refractivity contribution < 1.29 is 9.59 Å². The minimum Gasteiger partial charge on any atom is -0.354 e. The zero-order valence-corrected chi connectivity index (χ0v) is 9.11. The Morgan fingerprint density at radius 2 is 2.00 bits per heavy atom. The molecule has 0 aliphatic heterocycles. The predicted molar refractivity (Wildman–Crippen MR) is 56.9 cm³/mol. The fourth-order valence-electron chi connectivity index (χ4n) is 1.08. The Balaban J connectivity index is 2.77. The third-order valence-electron chi connectivity index (χ3n) is 1.81. The summed E-state index contributed by atoms with van der Waals surface area (Å²) in [4.78, 5) is 23.9. The second kappa shape index (κ2) is 4.91. The summed E-state index contributed by atoms with van der Waals surface area (Å²) in [6.45, 7) is 1.96. The Bertz CT molecular complexity index is 344.